The molecule has 0 aliphatic heterocycles. The van der Waals surface area contributed by atoms with E-state index in [4.69, 9.17) is 4.74 Å². The van der Waals surface area contributed by atoms with Gasteiger partial charge in [0, 0.05) is 31.0 Å². The number of nitrogens with one attached hydrogen (secondary N) is 1. The van der Waals surface area contributed by atoms with Crippen LogP contribution in [0.2, 0.25) is 0 Å². The zero-order valence-electron chi connectivity index (χ0n) is 11.1. The number of amides is 1. The lowest BCUT2D eigenvalue weighted by atomic mass is 10.2. The maximum atomic E-state index is 12.7. The van der Waals surface area contributed by atoms with Crippen molar-refractivity contribution in [2.45, 2.75) is 13.0 Å². The summed E-state index contributed by atoms with van der Waals surface area (Å²) in [6.45, 7) is 0.999. The molecule has 0 aliphatic rings. The third-order valence-electron chi connectivity index (χ3n) is 2.64. The minimum absolute atomic E-state index is 0.211. The highest BCUT2D eigenvalue weighted by Crippen LogP contribution is 2.10. The van der Waals surface area contributed by atoms with Crippen LogP contribution in [0.15, 0.2) is 29.6 Å². The van der Waals surface area contributed by atoms with Crippen LogP contribution in [-0.2, 0) is 17.8 Å². The van der Waals surface area contributed by atoms with Gasteiger partial charge in [0.2, 0.25) is 0 Å². The Labute approximate surface area is 120 Å². The number of benzene rings is 1. The number of aromatic nitrogens is 1. The summed E-state index contributed by atoms with van der Waals surface area (Å²) in [5, 5.41) is 5.66. The van der Waals surface area contributed by atoms with Crippen LogP contribution in [0.3, 0.4) is 0 Å². The molecular weight excluding hydrogens is 279 g/mol. The Bertz CT molecular complexity index is 569. The van der Waals surface area contributed by atoms with E-state index in [0.29, 0.717) is 25.1 Å². The van der Waals surface area contributed by atoms with Crippen molar-refractivity contribution >= 4 is 17.2 Å². The molecule has 0 unspecified atom stereocenters. The van der Waals surface area contributed by atoms with Crippen LogP contribution >= 0.6 is 11.3 Å². The smallest absolute Gasteiger partial charge is 0.251 e. The number of nitrogens with zero attached hydrogens (tertiary/aromatic N) is 1. The van der Waals surface area contributed by atoms with Gasteiger partial charge in [-0.15, -0.1) is 11.3 Å². The summed E-state index contributed by atoms with van der Waals surface area (Å²) >= 11 is 1.54. The molecule has 1 aromatic carbocycles. The molecule has 1 amide bonds. The average Bonchev–Trinajstić information content (AvgIpc) is 2.87. The van der Waals surface area contributed by atoms with E-state index in [1.807, 2.05) is 5.38 Å². The predicted molar refractivity (Wildman–Crippen MR) is 75.3 cm³/mol. The van der Waals surface area contributed by atoms with Crippen LogP contribution in [0, 0.1) is 5.82 Å². The lowest BCUT2D eigenvalue weighted by Gasteiger charge is -2.03. The van der Waals surface area contributed by atoms with Gasteiger partial charge in [0.25, 0.3) is 5.91 Å². The van der Waals surface area contributed by atoms with Crippen LogP contribution < -0.4 is 5.32 Å². The number of carbonyl (C=O) groups is 1. The molecule has 0 saturated carbocycles. The van der Waals surface area contributed by atoms with Gasteiger partial charge in [-0.25, -0.2) is 9.37 Å². The quantitative estimate of drug-likeness (QED) is 0.890. The van der Waals surface area contributed by atoms with Gasteiger partial charge in [-0.3, -0.25) is 4.79 Å². The second kappa shape index (κ2) is 7.12. The first-order chi connectivity index (χ1) is 9.69. The molecule has 1 heterocycles. The first kappa shape index (κ1) is 14.6. The number of hydrogen-bond donors (Lipinski definition) is 1. The molecule has 6 heteroatoms. The lowest BCUT2D eigenvalue weighted by molar-refractivity contribution is 0.0954. The number of ether oxygens (including phenoxy) is 1. The van der Waals surface area contributed by atoms with E-state index >= 15 is 0 Å². The first-order valence-electron chi connectivity index (χ1n) is 6.15. The predicted octanol–water partition coefficient (Wildman–Crippen LogP) is 2.40. The normalized spacial score (nSPS) is 10.5. The molecule has 0 bridgehead atoms. The Hall–Kier alpha value is -1.79. The molecule has 0 aliphatic carbocycles. The van der Waals surface area contributed by atoms with Crippen molar-refractivity contribution < 1.29 is 13.9 Å². The molecule has 2 rings (SSSR count). The molecule has 2 aromatic rings. The van der Waals surface area contributed by atoms with Gasteiger partial charge in [-0.1, -0.05) is 0 Å². The van der Waals surface area contributed by atoms with E-state index < -0.39 is 0 Å². The molecule has 106 valence electrons. The van der Waals surface area contributed by atoms with Crippen molar-refractivity contribution in [2.75, 3.05) is 13.7 Å². The van der Waals surface area contributed by atoms with E-state index in [1.165, 1.54) is 24.3 Å². The molecule has 0 saturated heterocycles. The number of methoxy groups -OCH3 is 1. The largest absolute Gasteiger partial charge is 0.378 e. The van der Waals surface area contributed by atoms with E-state index in [2.05, 4.69) is 10.3 Å². The third-order valence-corrected chi connectivity index (χ3v) is 3.51. The number of hydrogen-bond acceptors (Lipinski definition) is 4. The maximum absolute atomic E-state index is 12.7. The fourth-order valence-corrected chi connectivity index (χ4v) is 2.46. The van der Waals surface area contributed by atoms with Gasteiger partial charge in [0.05, 0.1) is 12.3 Å². The van der Waals surface area contributed by atoms with Crippen LogP contribution in [-0.4, -0.2) is 24.5 Å². The van der Waals surface area contributed by atoms with E-state index in [-0.39, 0.29) is 11.7 Å². The summed E-state index contributed by atoms with van der Waals surface area (Å²) in [6.07, 6.45) is 0.660. The average molecular weight is 294 g/mol. The molecule has 0 radical (unpaired) electrons. The molecule has 0 spiro atoms. The third kappa shape index (κ3) is 4.11. The summed E-state index contributed by atoms with van der Waals surface area (Å²) in [5.41, 5.74) is 1.38. The highest BCUT2D eigenvalue weighted by Gasteiger charge is 2.06. The van der Waals surface area contributed by atoms with Gasteiger partial charge < -0.3 is 10.1 Å². The lowest BCUT2D eigenvalue weighted by Crippen LogP contribution is -2.25. The first-order valence-corrected chi connectivity index (χ1v) is 7.03. The van der Waals surface area contributed by atoms with Gasteiger partial charge >= 0.3 is 0 Å². The van der Waals surface area contributed by atoms with Crippen LogP contribution in [0.5, 0.6) is 0 Å². The summed E-state index contributed by atoms with van der Waals surface area (Å²) in [6, 6.07) is 5.47. The molecule has 1 aromatic heterocycles. The number of halogens is 1. The SMILES string of the molecule is COCc1nc(CCNC(=O)c2ccc(F)cc2)cs1. The van der Waals surface area contributed by atoms with E-state index in [1.54, 1.807) is 18.4 Å². The summed E-state index contributed by atoms with van der Waals surface area (Å²) in [5.74, 6) is -0.563. The van der Waals surface area contributed by atoms with Crippen molar-refractivity contribution in [3.05, 3.63) is 51.7 Å². The van der Waals surface area contributed by atoms with Gasteiger partial charge in [0.15, 0.2) is 0 Å². The number of carbonyl (C=O) groups excluding carboxylic acids is 1. The van der Waals surface area contributed by atoms with E-state index in [9.17, 15) is 9.18 Å². The van der Waals surface area contributed by atoms with Crippen LogP contribution in [0.25, 0.3) is 0 Å². The molecule has 4 nitrogen and oxygen atoms in total. The summed E-state index contributed by atoms with van der Waals surface area (Å²) in [7, 11) is 1.63. The van der Waals surface area contributed by atoms with Crippen molar-refractivity contribution in [2.24, 2.45) is 0 Å². The summed E-state index contributed by atoms with van der Waals surface area (Å²) in [4.78, 5) is 16.2. The van der Waals surface area contributed by atoms with E-state index in [0.717, 1.165) is 10.7 Å². The minimum Gasteiger partial charge on any atom is -0.378 e. The van der Waals surface area contributed by atoms with Crippen molar-refractivity contribution in [1.82, 2.24) is 10.3 Å². The monoisotopic (exact) mass is 294 g/mol. The zero-order valence-corrected chi connectivity index (χ0v) is 11.9. The Kier molecular flexibility index (Phi) is 5.20. The van der Waals surface area contributed by atoms with Crippen molar-refractivity contribution in [1.29, 1.82) is 0 Å². The van der Waals surface area contributed by atoms with Crippen molar-refractivity contribution in [3.8, 4) is 0 Å². The maximum Gasteiger partial charge on any atom is 0.251 e. The Balaban J connectivity index is 1.80. The molecule has 1 N–H and O–H groups in total. The van der Waals surface area contributed by atoms with Gasteiger partial charge in [-0.2, -0.15) is 0 Å². The Morgan fingerprint density at radius 2 is 2.15 bits per heavy atom. The molecule has 20 heavy (non-hydrogen) atoms. The molecular formula is C14H15FN2O2S. The Morgan fingerprint density at radius 1 is 1.40 bits per heavy atom. The fourth-order valence-electron chi connectivity index (χ4n) is 1.66. The number of rotatable bonds is 6. The number of thiazole rings is 1. The zero-order chi connectivity index (χ0) is 14.4. The van der Waals surface area contributed by atoms with Gasteiger partial charge in [-0.05, 0) is 24.3 Å². The highest BCUT2D eigenvalue weighted by atomic mass is 32.1. The van der Waals surface area contributed by atoms with Crippen LogP contribution in [0.4, 0.5) is 4.39 Å². The Morgan fingerprint density at radius 3 is 2.85 bits per heavy atom. The molecule has 0 atom stereocenters. The molecule has 0 fully saturated rings. The van der Waals surface area contributed by atoms with Crippen LogP contribution in [0.1, 0.15) is 21.1 Å². The minimum atomic E-state index is -0.352. The van der Waals surface area contributed by atoms with Gasteiger partial charge in [0.1, 0.15) is 10.8 Å². The van der Waals surface area contributed by atoms with Crippen molar-refractivity contribution in [3.63, 3.8) is 0 Å². The second-order valence-electron chi connectivity index (χ2n) is 4.18. The topological polar surface area (TPSA) is 51.2 Å². The highest BCUT2D eigenvalue weighted by molar-refractivity contribution is 7.09. The second-order valence-corrected chi connectivity index (χ2v) is 5.12. The fraction of sp³-hybridized carbons (Fsp3) is 0.286. The standard InChI is InChI=1S/C14H15FN2O2S/c1-19-8-13-17-12(9-20-13)6-7-16-14(18)10-2-4-11(15)5-3-10/h2-5,9H,6-8H2,1H3,(H,16,18). The summed E-state index contributed by atoms with van der Waals surface area (Å²) < 4.78 is 17.7.